The van der Waals surface area contributed by atoms with Gasteiger partial charge in [-0.3, -0.25) is 0 Å². The van der Waals surface area contributed by atoms with Crippen molar-refractivity contribution in [2.45, 2.75) is 79.2 Å². The summed E-state index contributed by atoms with van der Waals surface area (Å²) >= 11 is 0. The maximum atomic E-state index is 3.48. The fourth-order valence-electron chi connectivity index (χ4n) is 3.23. The van der Waals surface area contributed by atoms with Gasteiger partial charge in [0.25, 0.3) is 0 Å². The van der Waals surface area contributed by atoms with Crippen molar-refractivity contribution >= 4 is 0 Å². The van der Waals surface area contributed by atoms with E-state index in [2.05, 4.69) is 47.0 Å². The number of hydrogen-bond donors (Lipinski definition) is 1. The van der Waals surface area contributed by atoms with Gasteiger partial charge in [-0.2, -0.15) is 0 Å². The lowest BCUT2D eigenvalue weighted by atomic mass is 9.79. The van der Waals surface area contributed by atoms with Gasteiger partial charge < -0.3 is 5.32 Å². The zero-order valence-electron chi connectivity index (χ0n) is 13.9. The maximum Gasteiger partial charge on any atom is 0.0108 e. The van der Waals surface area contributed by atoms with Gasteiger partial charge in [0.2, 0.25) is 0 Å². The third kappa shape index (κ3) is 4.49. The Morgan fingerprint density at radius 1 is 1.32 bits per heavy atom. The van der Waals surface area contributed by atoms with Gasteiger partial charge in [-0.25, -0.2) is 0 Å². The Kier molecular flexibility index (Phi) is 6.85. The first kappa shape index (κ1) is 16.5. The van der Waals surface area contributed by atoms with E-state index in [0.717, 1.165) is 5.92 Å². The van der Waals surface area contributed by atoms with Crippen molar-refractivity contribution in [2.24, 2.45) is 5.92 Å². The largest absolute Gasteiger partial charge is 0.317 e. The molecular weight excluding hydrogens is 230 g/mol. The highest BCUT2D eigenvalue weighted by Crippen LogP contribution is 2.36. The molecule has 0 spiro atoms. The van der Waals surface area contributed by atoms with Crippen LogP contribution >= 0.6 is 0 Å². The third-order valence-corrected chi connectivity index (χ3v) is 4.69. The van der Waals surface area contributed by atoms with Crippen molar-refractivity contribution in [1.29, 1.82) is 0 Å². The minimum atomic E-state index is 0.677. The SMILES string of the molecule is CCC(=C(C)C)C1=C(CC(C)CC)CCC(NC)C1. The standard InChI is InChI=1S/C18H33N/c1-7-14(5)11-15-9-10-16(19-6)12-18(15)17(8-2)13(3)4/h14,16,19H,7-12H2,1-6H3. The van der Waals surface area contributed by atoms with Crippen molar-refractivity contribution in [2.75, 3.05) is 7.05 Å². The Morgan fingerprint density at radius 3 is 2.47 bits per heavy atom. The lowest BCUT2D eigenvalue weighted by Crippen LogP contribution is -2.29. The van der Waals surface area contributed by atoms with Gasteiger partial charge >= 0.3 is 0 Å². The van der Waals surface area contributed by atoms with E-state index in [-0.39, 0.29) is 0 Å². The van der Waals surface area contributed by atoms with E-state index in [0.29, 0.717) is 6.04 Å². The second-order valence-corrected chi connectivity index (χ2v) is 6.36. The van der Waals surface area contributed by atoms with Crippen LogP contribution in [-0.4, -0.2) is 13.1 Å². The molecule has 1 aliphatic carbocycles. The molecule has 110 valence electrons. The van der Waals surface area contributed by atoms with Gasteiger partial charge in [-0.15, -0.1) is 0 Å². The van der Waals surface area contributed by atoms with Gasteiger partial charge in [0.1, 0.15) is 0 Å². The molecular formula is C18H33N. The van der Waals surface area contributed by atoms with Crippen LogP contribution in [0.2, 0.25) is 0 Å². The molecule has 2 atom stereocenters. The van der Waals surface area contributed by atoms with Crippen LogP contribution < -0.4 is 5.32 Å². The topological polar surface area (TPSA) is 12.0 Å². The highest BCUT2D eigenvalue weighted by atomic mass is 14.9. The predicted molar refractivity (Wildman–Crippen MR) is 86.5 cm³/mol. The van der Waals surface area contributed by atoms with Crippen molar-refractivity contribution in [3.8, 4) is 0 Å². The molecule has 0 aliphatic heterocycles. The van der Waals surface area contributed by atoms with Crippen LogP contribution in [0.3, 0.4) is 0 Å². The molecule has 1 N–H and O–H groups in total. The molecule has 1 aliphatic rings. The Hall–Kier alpha value is -0.560. The van der Waals surface area contributed by atoms with E-state index in [9.17, 15) is 0 Å². The monoisotopic (exact) mass is 263 g/mol. The Balaban J connectivity index is 3.07. The zero-order chi connectivity index (χ0) is 14.4. The van der Waals surface area contributed by atoms with Crippen LogP contribution in [0.15, 0.2) is 22.3 Å². The van der Waals surface area contributed by atoms with E-state index in [1.54, 1.807) is 16.7 Å². The van der Waals surface area contributed by atoms with Gasteiger partial charge in [-0.05, 0) is 70.1 Å². The molecule has 0 aromatic carbocycles. The molecule has 0 aromatic rings. The normalized spacial score (nSPS) is 21.5. The predicted octanol–water partition coefficient (Wildman–Crippen LogP) is 5.24. The summed E-state index contributed by atoms with van der Waals surface area (Å²) in [4.78, 5) is 0. The minimum absolute atomic E-state index is 0.677. The first-order valence-electron chi connectivity index (χ1n) is 8.08. The fourth-order valence-corrected chi connectivity index (χ4v) is 3.23. The summed E-state index contributed by atoms with van der Waals surface area (Å²) in [6, 6.07) is 0.677. The first-order valence-corrected chi connectivity index (χ1v) is 8.08. The maximum absolute atomic E-state index is 3.48. The minimum Gasteiger partial charge on any atom is -0.317 e. The van der Waals surface area contributed by atoms with Crippen molar-refractivity contribution < 1.29 is 0 Å². The highest BCUT2D eigenvalue weighted by molar-refractivity contribution is 5.40. The number of nitrogens with one attached hydrogen (secondary N) is 1. The summed E-state index contributed by atoms with van der Waals surface area (Å²) in [5.41, 5.74) is 6.57. The number of allylic oxidation sites excluding steroid dienone is 3. The summed E-state index contributed by atoms with van der Waals surface area (Å²) in [5.74, 6) is 0.825. The summed E-state index contributed by atoms with van der Waals surface area (Å²) < 4.78 is 0. The molecule has 0 aromatic heterocycles. The molecule has 1 nitrogen and oxygen atoms in total. The lowest BCUT2D eigenvalue weighted by Gasteiger charge is -2.30. The zero-order valence-corrected chi connectivity index (χ0v) is 13.9. The average Bonchev–Trinajstić information content (AvgIpc) is 2.40. The van der Waals surface area contributed by atoms with Crippen LogP contribution in [0.1, 0.15) is 73.1 Å². The van der Waals surface area contributed by atoms with E-state index in [4.69, 9.17) is 0 Å². The third-order valence-electron chi connectivity index (χ3n) is 4.69. The first-order chi connectivity index (χ1) is 9.03. The van der Waals surface area contributed by atoms with E-state index >= 15 is 0 Å². The molecule has 0 saturated heterocycles. The molecule has 2 unspecified atom stereocenters. The van der Waals surface area contributed by atoms with Crippen LogP contribution in [0.5, 0.6) is 0 Å². The van der Waals surface area contributed by atoms with E-state index < -0.39 is 0 Å². The van der Waals surface area contributed by atoms with Crippen LogP contribution in [-0.2, 0) is 0 Å². The van der Waals surface area contributed by atoms with Crippen molar-refractivity contribution in [3.63, 3.8) is 0 Å². The Bertz CT molecular complexity index is 345. The van der Waals surface area contributed by atoms with Gasteiger partial charge in [0, 0.05) is 6.04 Å². The van der Waals surface area contributed by atoms with Crippen molar-refractivity contribution in [3.05, 3.63) is 22.3 Å². The molecule has 19 heavy (non-hydrogen) atoms. The molecule has 0 bridgehead atoms. The lowest BCUT2D eigenvalue weighted by molar-refractivity contribution is 0.463. The fraction of sp³-hybridized carbons (Fsp3) is 0.778. The second kappa shape index (κ2) is 7.89. The van der Waals surface area contributed by atoms with Gasteiger partial charge in [0.05, 0.1) is 0 Å². The number of rotatable bonds is 6. The highest BCUT2D eigenvalue weighted by Gasteiger charge is 2.22. The summed E-state index contributed by atoms with van der Waals surface area (Å²) in [5, 5.41) is 3.48. The van der Waals surface area contributed by atoms with E-state index in [1.165, 1.54) is 44.1 Å². The molecule has 0 saturated carbocycles. The summed E-state index contributed by atoms with van der Waals surface area (Å²) in [6.07, 6.45) is 7.61. The van der Waals surface area contributed by atoms with Gasteiger partial charge in [-0.1, -0.05) is 38.3 Å². The molecule has 1 heteroatoms. The molecule has 0 heterocycles. The quantitative estimate of drug-likeness (QED) is 0.691. The van der Waals surface area contributed by atoms with Crippen LogP contribution in [0.4, 0.5) is 0 Å². The summed E-state index contributed by atoms with van der Waals surface area (Å²) in [6.45, 7) is 11.6. The molecule has 0 radical (unpaired) electrons. The van der Waals surface area contributed by atoms with Crippen molar-refractivity contribution in [1.82, 2.24) is 5.32 Å². The number of hydrogen-bond acceptors (Lipinski definition) is 1. The van der Waals surface area contributed by atoms with E-state index in [1.807, 2.05) is 0 Å². The Morgan fingerprint density at radius 2 is 2.00 bits per heavy atom. The second-order valence-electron chi connectivity index (χ2n) is 6.36. The van der Waals surface area contributed by atoms with Crippen LogP contribution in [0.25, 0.3) is 0 Å². The molecule has 1 rings (SSSR count). The smallest absolute Gasteiger partial charge is 0.0108 e. The summed E-state index contributed by atoms with van der Waals surface area (Å²) in [7, 11) is 2.11. The average molecular weight is 263 g/mol. The van der Waals surface area contributed by atoms with Gasteiger partial charge in [0.15, 0.2) is 0 Å². The molecule has 0 amide bonds. The Labute approximate surface area is 120 Å². The molecule has 0 fully saturated rings. The van der Waals surface area contributed by atoms with Crippen LogP contribution in [0, 0.1) is 5.92 Å².